The smallest absolute Gasteiger partial charge is 0.313 e. The van der Waals surface area contributed by atoms with E-state index in [-0.39, 0.29) is 11.8 Å². The molecule has 2 heterocycles. The molecule has 0 unspecified atom stereocenters. The maximum absolute atomic E-state index is 10.7. The number of hydrogen-bond acceptors (Lipinski definition) is 5. The third-order valence-electron chi connectivity index (χ3n) is 2.61. The van der Waals surface area contributed by atoms with Crippen LogP contribution in [0.4, 0.5) is 0 Å². The van der Waals surface area contributed by atoms with Gasteiger partial charge in [0.1, 0.15) is 5.76 Å². The predicted molar refractivity (Wildman–Crippen MR) is 71.2 cm³/mol. The molecule has 0 aliphatic rings. The predicted octanol–water partition coefficient (Wildman–Crippen LogP) is 2.60. The summed E-state index contributed by atoms with van der Waals surface area (Å²) in [5, 5.41) is 17.6. The Morgan fingerprint density at radius 1 is 1.53 bits per heavy atom. The van der Waals surface area contributed by atoms with Gasteiger partial charge in [0.15, 0.2) is 11.0 Å². The van der Waals surface area contributed by atoms with Crippen LogP contribution in [0.25, 0.3) is 11.4 Å². The van der Waals surface area contributed by atoms with Crippen LogP contribution in [0.1, 0.15) is 25.6 Å². The average molecular weight is 281 g/mol. The molecule has 2 aromatic rings. The van der Waals surface area contributed by atoms with Crippen molar-refractivity contribution in [1.29, 1.82) is 0 Å². The highest BCUT2D eigenvalue weighted by atomic mass is 32.2. The number of carbonyl (C=O) groups is 1. The highest BCUT2D eigenvalue weighted by Gasteiger charge is 2.19. The van der Waals surface area contributed by atoms with Gasteiger partial charge in [0.25, 0.3) is 0 Å². The number of aliphatic carboxylic acids is 1. The second-order valence-corrected chi connectivity index (χ2v) is 5.29. The van der Waals surface area contributed by atoms with E-state index in [1.54, 1.807) is 6.26 Å². The molecule has 7 heteroatoms. The number of aromatic nitrogens is 3. The monoisotopic (exact) mass is 281 g/mol. The molecule has 0 aliphatic heterocycles. The lowest BCUT2D eigenvalue weighted by molar-refractivity contribution is -0.133. The Kier molecular flexibility index (Phi) is 3.94. The first-order valence-corrected chi connectivity index (χ1v) is 6.83. The van der Waals surface area contributed by atoms with Crippen LogP contribution in [0.3, 0.4) is 0 Å². The van der Waals surface area contributed by atoms with Crippen LogP contribution in [0.15, 0.2) is 21.9 Å². The van der Waals surface area contributed by atoms with Gasteiger partial charge in [-0.25, -0.2) is 0 Å². The number of furan rings is 1. The molecule has 0 atom stereocenters. The van der Waals surface area contributed by atoms with Crippen molar-refractivity contribution in [2.45, 2.75) is 32.0 Å². The number of thioether (sulfide) groups is 1. The summed E-state index contributed by atoms with van der Waals surface area (Å²) in [6.45, 7) is 5.87. The van der Waals surface area contributed by atoms with Crippen molar-refractivity contribution in [2.24, 2.45) is 0 Å². The topological polar surface area (TPSA) is 81.2 Å². The van der Waals surface area contributed by atoms with Gasteiger partial charge in [-0.2, -0.15) is 0 Å². The number of carboxylic acids is 1. The minimum atomic E-state index is -0.871. The summed E-state index contributed by atoms with van der Waals surface area (Å²) >= 11 is 1.17. The van der Waals surface area contributed by atoms with Crippen molar-refractivity contribution in [3.63, 3.8) is 0 Å². The zero-order chi connectivity index (χ0) is 14.0. The second-order valence-electron chi connectivity index (χ2n) is 4.34. The van der Waals surface area contributed by atoms with Crippen molar-refractivity contribution >= 4 is 17.7 Å². The van der Waals surface area contributed by atoms with E-state index in [0.717, 1.165) is 11.3 Å². The number of carboxylic acid groups (broad SMARTS) is 1. The van der Waals surface area contributed by atoms with Gasteiger partial charge >= 0.3 is 5.97 Å². The first-order valence-electron chi connectivity index (χ1n) is 5.84. The minimum Gasteiger partial charge on any atom is -0.481 e. The van der Waals surface area contributed by atoms with Crippen LogP contribution in [0, 0.1) is 6.92 Å². The van der Waals surface area contributed by atoms with Crippen LogP contribution < -0.4 is 0 Å². The van der Waals surface area contributed by atoms with Crippen LogP contribution in [0.2, 0.25) is 0 Å². The minimum absolute atomic E-state index is 0.0325. The molecule has 19 heavy (non-hydrogen) atoms. The maximum atomic E-state index is 10.7. The summed E-state index contributed by atoms with van der Waals surface area (Å²) in [7, 11) is 0. The van der Waals surface area contributed by atoms with Gasteiger partial charge in [-0.15, -0.1) is 10.2 Å². The summed E-state index contributed by atoms with van der Waals surface area (Å²) in [6, 6.07) is 1.97. The fourth-order valence-electron chi connectivity index (χ4n) is 1.77. The number of hydrogen-bond donors (Lipinski definition) is 1. The Labute approximate surface area is 114 Å². The highest BCUT2D eigenvalue weighted by molar-refractivity contribution is 7.99. The molecule has 0 amide bonds. The normalized spacial score (nSPS) is 11.2. The number of aryl methyl sites for hydroxylation is 1. The van der Waals surface area contributed by atoms with Crippen molar-refractivity contribution in [1.82, 2.24) is 14.8 Å². The van der Waals surface area contributed by atoms with Gasteiger partial charge in [0.05, 0.1) is 17.6 Å². The van der Waals surface area contributed by atoms with Gasteiger partial charge in [-0.05, 0) is 26.8 Å². The van der Waals surface area contributed by atoms with Crippen LogP contribution in [-0.2, 0) is 4.79 Å². The van der Waals surface area contributed by atoms with Gasteiger partial charge in [-0.3, -0.25) is 9.36 Å². The quantitative estimate of drug-likeness (QED) is 0.848. The van der Waals surface area contributed by atoms with Gasteiger partial charge < -0.3 is 9.52 Å². The van der Waals surface area contributed by atoms with Crippen molar-refractivity contribution in [3.05, 3.63) is 18.1 Å². The SMILES string of the molecule is Cc1occc1-c1nnc(SCC(=O)O)n1C(C)C. The summed E-state index contributed by atoms with van der Waals surface area (Å²) in [6.07, 6.45) is 1.61. The lowest BCUT2D eigenvalue weighted by Crippen LogP contribution is -2.07. The lowest BCUT2D eigenvalue weighted by Gasteiger charge is -2.12. The molecular weight excluding hydrogens is 266 g/mol. The highest BCUT2D eigenvalue weighted by Crippen LogP contribution is 2.29. The Hall–Kier alpha value is -1.76. The van der Waals surface area contributed by atoms with E-state index >= 15 is 0 Å². The van der Waals surface area contributed by atoms with E-state index in [4.69, 9.17) is 9.52 Å². The fourth-order valence-corrected chi connectivity index (χ4v) is 2.56. The zero-order valence-electron chi connectivity index (χ0n) is 11.0. The van der Waals surface area contributed by atoms with E-state index < -0.39 is 5.97 Å². The Morgan fingerprint density at radius 3 is 2.79 bits per heavy atom. The molecule has 102 valence electrons. The maximum Gasteiger partial charge on any atom is 0.313 e. The molecule has 2 rings (SSSR count). The molecule has 0 bridgehead atoms. The zero-order valence-corrected chi connectivity index (χ0v) is 11.8. The van der Waals surface area contributed by atoms with Crippen LogP contribution in [0.5, 0.6) is 0 Å². The molecule has 6 nitrogen and oxygen atoms in total. The molecular formula is C12H15N3O3S. The van der Waals surface area contributed by atoms with E-state index in [1.165, 1.54) is 11.8 Å². The summed E-state index contributed by atoms with van der Waals surface area (Å²) in [5.41, 5.74) is 0.878. The third-order valence-corrected chi connectivity index (χ3v) is 3.53. The molecule has 0 saturated carbocycles. The van der Waals surface area contributed by atoms with Crippen LogP contribution >= 0.6 is 11.8 Å². The Morgan fingerprint density at radius 2 is 2.26 bits per heavy atom. The molecule has 0 radical (unpaired) electrons. The lowest BCUT2D eigenvalue weighted by atomic mass is 10.2. The molecule has 0 fully saturated rings. The second kappa shape index (κ2) is 5.48. The summed E-state index contributed by atoms with van der Waals surface area (Å²) in [4.78, 5) is 10.7. The van der Waals surface area contributed by atoms with E-state index in [1.807, 2.05) is 31.4 Å². The summed E-state index contributed by atoms with van der Waals surface area (Å²) < 4.78 is 7.20. The van der Waals surface area contributed by atoms with Gasteiger partial charge in [-0.1, -0.05) is 11.8 Å². The van der Waals surface area contributed by atoms with Gasteiger partial charge in [0.2, 0.25) is 0 Å². The van der Waals surface area contributed by atoms with E-state index in [0.29, 0.717) is 11.0 Å². The van der Waals surface area contributed by atoms with Crippen LogP contribution in [-0.4, -0.2) is 31.6 Å². The molecule has 0 aromatic carbocycles. The average Bonchev–Trinajstić information content (AvgIpc) is 2.91. The first kappa shape index (κ1) is 13.7. The Balaban J connectivity index is 2.40. The molecule has 2 aromatic heterocycles. The van der Waals surface area contributed by atoms with Crippen molar-refractivity contribution in [3.8, 4) is 11.4 Å². The molecule has 0 saturated heterocycles. The Bertz CT molecular complexity index is 589. The van der Waals surface area contributed by atoms with E-state index in [9.17, 15) is 4.79 Å². The molecule has 1 N–H and O–H groups in total. The fraction of sp³-hybridized carbons (Fsp3) is 0.417. The summed E-state index contributed by atoms with van der Waals surface area (Å²) in [5.74, 6) is 0.567. The molecule has 0 spiro atoms. The number of nitrogens with zero attached hydrogens (tertiary/aromatic N) is 3. The van der Waals surface area contributed by atoms with Crippen molar-refractivity contribution < 1.29 is 14.3 Å². The van der Waals surface area contributed by atoms with E-state index in [2.05, 4.69) is 10.2 Å². The molecule has 0 aliphatic carbocycles. The standard InChI is InChI=1S/C12H15N3O3S/c1-7(2)15-11(9-4-5-18-8(9)3)13-14-12(15)19-6-10(16)17/h4-5,7H,6H2,1-3H3,(H,16,17). The van der Waals surface area contributed by atoms with Crippen molar-refractivity contribution in [2.75, 3.05) is 5.75 Å². The number of rotatable bonds is 5. The third kappa shape index (κ3) is 2.81. The largest absolute Gasteiger partial charge is 0.481 e. The van der Waals surface area contributed by atoms with Gasteiger partial charge in [0, 0.05) is 6.04 Å². The first-order chi connectivity index (χ1) is 9.00.